The summed E-state index contributed by atoms with van der Waals surface area (Å²) in [7, 11) is 0. The summed E-state index contributed by atoms with van der Waals surface area (Å²) in [6.45, 7) is 4.68. The van der Waals surface area contributed by atoms with Crippen LogP contribution < -0.4 is 5.32 Å². The van der Waals surface area contributed by atoms with Gasteiger partial charge in [0.2, 0.25) is 0 Å². The molecule has 1 N–H and O–H groups in total. The molecule has 0 saturated heterocycles. The Morgan fingerprint density at radius 3 is 2.42 bits per heavy atom. The third-order valence-corrected chi connectivity index (χ3v) is 2.98. The van der Waals surface area contributed by atoms with Crippen LogP contribution >= 0.6 is 0 Å². The molecule has 2 rings (SSSR count). The van der Waals surface area contributed by atoms with Crippen LogP contribution in [0.1, 0.15) is 36.3 Å². The van der Waals surface area contributed by atoms with Crippen molar-refractivity contribution in [3.05, 3.63) is 59.1 Å². The van der Waals surface area contributed by atoms with Gasteiger partial charge in [0.05, 0.1) is 12.3 Å². The van der Waals surface area contributed by atoms with Crippen LogP contribution in [-0.4, -0.2) is 6.54 Å². The Kier molecular flexibility index (Phi) is 4.32. The predicted octanol–water partition coefficient (Wildman–Crippen LogP) is 3.96. The minimum Gasteiger partial charge on any atom is -0.467 e. The molecule has 102 valence electrons. The highest BCUT2D eigenvalue weighted by Gasteiger charge is 2.20. The highest BCUT2D eigenvalue weighted by molar-refractivity contribution is 5.31. The Morgan fingerprint density at radius 1 is 1.21 bits per heavy atom. The third kappa shape index (κ3) is 3.20. The number of benzene rings is 1. The number of aryl methyl sites for hydroxylation is 1. The van der Waals surface area contributed by atoms with Crippen molar-refractivity contribution in [1.29, 1.82) is 0 Å². The Labute approximate surface area is 111 Å². The average Bonchev–Trinajstić information content (AvgIpc) is 2.75. The van der Waals surface area contributed by atoms with Crippen molar-refractivity contribution in [1.82, 2.24) is 5.32 Å². The number of nitrogens with one attached hydrogen (secondary N) is 1. The molecule has 0 aliphatic heterocycles. The molecule has 0 aliphatic rings. The molecular formula is C15H17F2NO. The zero-order chi connectivity index (χ0) is 13.8. The molecule has 0 fully saturated rings. The van der Waals surface area contributed by atoms with Crippen molar-refractivity contribution in [3.8, 4) is 0 Å². The molecule has 2 nitrogen and oxygen atoms in total. The molecule has 0 bridgehead atoms. The maximum absolute atomic E-state index is 13.4. The molecule has 0 radical (unpaired) electrons. The summed E-state index contributed by atoms with van der Waals surface area (Å²) in [6.07, 6.45) is 2.51. The lowest BCUT2D eigenvalue weighted by atomic mass is 10.0. The number of hydrogen-bond donors (Lipinski definition) is 1. The van der Waals surface area contributed by atoms with Crippen LogP contribution in [0.4, 0.5) is 8.78 Å². The van der Waals surface area contributed by atoms with Crippen molar-refractivity contribution >= 4 is 0 Å². The van der Waals surface area contributed by atoms with E-state index < -0.39 is 11.6 Å². The number of hydrogen-bond acceptors (Lipinski definition) is 2. The van der Waals surface area contributed by atoms with E-state index in [0.29, 0.717) is 11.3 Å². The minimum absolute atomic E-state index is 0.333. The highest BCUT2D eigenvalue weighted by atomic mass is 19.1. The number of furan rings is 1. The molecule has 1 aromatic heterocycles. The standard InChI is InChI=1S/C15H17F2NO/c1-3-5-18-14(15-10(2)4-6-19-15)11-7-12(16)9-13(17)8-11/h4,6-9,14,18H,3,5H2,1-2H3. The van der Waals surface area contributed by atoms with E-state index in [1.54, 1.807) is 6.26 Å². The molecule has 19 heavy (non-hydrogen) atoms. The van der Waals surface area contributed by atoms with E-state index in [1.807, 2.05) is 19.9 Å². The largest absolute Gasteiger partial charge is 0.467 e. The van der Waals surface area contributed by atoms with Gasteiger partial charge in [-0.1, -0.05) is 6.92 Å². The number of halogens is 2. The molecule has 0 saturated carbocycles. The zero-order valence-corrected chi connectivity index (χ0v) is 11.0. The molecule has 0 amide bonds. The second-order valence-electron chi connectivity index (χ2n) is 4.56. The first-order chi connectivity index (χ1) is 9.11. The average molecular weight is 265 g/mol. The van der Waals surface area contributed by atoms with Gasteiger partial charge in [-0.05, 0) is 49.2 Å². The van der Waals surface area contributed by atoms with Gasteiger partial charge < -0.3 is 9.73 Å². The molecular weight excluding hydrogens is 248 g/mol. The molecule has 0 spiro atoms. The van der Waals surface area contributed by atoms with E-state index in [4.69, 9.17) is 4.42 Å². The highest BCUT2D eigenvalue weighted by Crippen LogP contribution is 2.26. The quantitative estimate of drug-likeness (QED) is 0.885. The van der Waals surface area contributed by atoms with Gasteiger partial charge in [-0.2, -0.15) is 0 Å². The van der Waals surface area contributed by atoms with Crippen LogP contribution in [0, 0.1) is 18.6 Å². The summed E-state index contributed by atoms with van der Waals surface area (Å²) in [5.74, 6) is -0.469. The maximum atomic E-state index is 13.4. The van der Waals surface area contributed by atoms with Gasteiger partial charge >= 0.3 is 0 Å². The van der Waals surface area contributed by atoms with Gasteiger partial charge in [0.15, 0.2) is 0 Å². The van der Waals surface area contributed by atoms with Crippen LogP contribution in [0.25, 0.3) is 0 Å². The fourth-order valence-electron chi connectivity index (χ4n) is 2.07. The number of rotatable bonds is 5. The summed E-state index contributed by atoms with van der Waals surface area (Å²) in [5, 5.41) is 3.26. The van der Waals surface area contributed by atoms with E-state index in [-0.39, 0.29) is 6.04 Å². The van der Waals surface area contributed by atoms with E-state index >= 15 is 0 Å². The summed E-state index contributed by atoms with van der Waals surface area (Å²) in [6, 6.07) is 5.04. The van der Waals surface area contributed by atoms with E-state index in [2.05, 4.69) is 5.32 Å². The molecule has 2 aromatic rings. The minimum atomic E-state index is -0.581. The molecule has 0 aliphatic carbocycles. The third-order valence-electron chi connectivity index (χ3n) is 2.98. The lowest BCUT2D eigenvalue weighted by Gasteiger charge is -2.18. The lowest BCUT2D eigenvalue weighted by molar-refractivity contribution is 0.441. The topological polar surface area (TPSA) is 25.2 Å². The first kappa shape index (κ1) is 13.7. The van der Waals surface area contributed by atoms with Gasteiger partial charge in [-0.3, -0.25) is 0 Å². The monoisotopic (exact) mass is 265 g/mol. The summed E-state index contributed by atoms with van der Waals surface area (Å²) < 4.78 is 32.2. The first-order valence-corrected chi connectivity index (χ1v) is 6.35. The Bertz CT molecular complexity index is 531. The van der Waals surface area contributed by atoms with Crippen LogP contribution in [0.15, 0.2) is 34.9 Å². The van der Waals surface area contributed by atoms with Gasteiger partial charge in [-0.25, -0.2) is 8.78 Å². The van der Waals surface area contributed by atoms with Gasteiger partial charge in [-0.15, -0.1) is 0 Å². The predicted molar refractivity (Wildman–Crippen MR) is 69.9 cm³/mol. The summed E-state index contributed by atoms with van der Waals surface area (Å²) >= 11 is 0. The first-order valence-electron chi connectivity index (χ1n) is 6.35. The van der Waals surface area contributed by atoms with Crippen LogP contribution in [0.5, 0.6) is 0 Å². The van der Waals surface area contributed by atoms with Crippen LogP contribution in [0.2, 0.25) is 0 Å². The smallest absolute Gasteiger partial charge is 0.128 e. The molecule has 1 unspecified atom stereocenters. The fraction of sp³-hybridized carbons (Fsp3) is 0.333. The summed E-state index contributed by atoms with van der Waals surface area (Å²) in [5.41, 5.74) is 1.49. The fourth-order valence-corrected chi connectivity index (χ4v) is 2.07. The van der Waals surface area contributed by atoms with Crippen molar-refractivity contribution < 1.29 is 13.2 Å². The van der Waals surface area contributed by atoms with E-state index in [9.17, 15) is 8.78 Å². The van der Waals surface area contributed by atoms with Gasteiger partial charge in [0, 0.05) is 6.07 Å². The van der Waals surface area contributed by atoms with E-state index in [0.717, 1.165) is 24.6 Å². The van der Waals surface area contributed by atoms with Gasteiger partial charge in [0.25, 0.3) is 0 Å². The Morgan fingerprint density at radius 2 is 1.89 bits per heavy atom. The Hall–Kier alpha value is -1.68. The van der Waals surface area contributed by atoms with Crippen molar-refractivity contribution in [2.24, 2.45) is 0 Å². The second-order valence-corrected chi connectivity index (χ2v) is 4.56. The van der Waals surface area contributed by atoms with E-state index in [1.165, 1.54) is 12.1 Å². The Balaban J connectivity index is 2.39. The van der Waals surface area contributed by atoms with Crippen molar-refractivity contribution in [3.63, 3.8) is 0 Å². The van der Waals surface area contributed by atoms with Crippen LogP contribution in [-0.2, 0) is 0 Å². The molecule has 1 aromatic carbocycles. The summed E-state index contributed by atoms with van der Waals surface area (Å²) in [4.78, 5) is 0. The zero-order valence-electron chi connectivity index (χ0n) is 11.0. The second kappa shape index (κ2) is 5.97. The van der Waals surface area contributed by atoms with Crippen LogP contribution in [0.3, 0.4) is 0 Å². The molecule has 1 heterocycles. The molecule has 1 atom stereocenters. The van der Waals surface area contributed by atoms with Crippen molar-refractivity contribution in [2.75, 3.05) is 6.54 Å². The van der Waals surface area contributed by atoms with Gasteiger partial charge in [0.1, 0.15) is 17.4 Å². The maximum Gasteiger partial charge on any atom is 0.128 e. The normalized spacial score (nSPS) is 12.6. The molecule has 4 heteroatoms. The SMILES string of the molecule is CCCNC(c1cc(F)cc(F)c1)c1occc1C. The lowest BCUT2D eigenvalue weighted by Crippen LogP contribution is -2.23. The van der Waals surface area contributed by atoms with Crippen molar-refractivity contribution in [2.45, 2.75) is 26.3 Å².